The molecular formula is C23H31N3O. The second kappa shape index (κ2) is 8.57. The number of anilines is 1. The van der Waals surface area contributed by atoms with E-state index in [-0.39, 0.29) is 6.61 Å². The van der Waals surface area contributed by atoms with Gasteiger partial charge in [-0.25, -0.2) is 4.98 Å². The Morgan fingerprint density at radius 2 is 1.74 bits per heavy atom. The van der Waals surface area contributed by atoms with Crippen LogP contribution in [0.5, 0.6) is 0 Å². The highest BCUT2D eigenvalue weighted by atomic mass is 16.3. The lowest BCUT2D eigenvalue weighted by Gasteiger charge is -2.16. The first-order chi connectivity index (χ1) is 13.2. The van der Waals surface area contributed by atoms with Crippen LogP contribution in [0.1, 0.15) is 55.1 Å². The highest BCUT2D eigenvalue weighted by molar-refractivity contribution is 5.93. The Kier molecular flexibility index (Phi) is 6.17. The number of aliphatic hydroxyl groups is 1. The van der Waals surface area contributed by atoms with Crippen LogP contribution in [-0.4, -0.2) is 14.7 Å². The van der Waals surface area contributed by atoms with Crippen LogP contribution in [0.2, 0.25) is 0 Å². The van der Waals surface area contributed by atoms with Gasteiger partial charge in [0, 0.05) is 35.9 Å². The van der Waals surface area contributed by atoms with Crippen LogP contribution in [-0.2, 0) is 32.5 Å². The van der Waals surface area contributed by atoms with Crippen molar-refractivity contribution in [2.75, 3.05) is 5.32 Å². The van der Waals surface area contributed by atoms with Crippen LogP contribution < -0.4 is 5.32 Å². The SMILES string of the molecule is CCCn1c(C)c(CO)c2ccnc(NCc3c(CC)cccc3CC)c21. The van der Waals surface area contributed by atoms with E-state index in [4.69, 9.17) is 0 Å². The molecule has 2 N–H and O–H groups in total. The molecule has 4 heteroatoms. The van der Waals surface area contributed by atoms with E-state index in [2.05, 4.69) is 60.8 Å². The Balaban J connectivity index is 2.04. The van der Waals surface area contributed by atoms with E-state index in [1.165, 1.54) is 16.7 Å². The molecular weight excluding hydrogens is 334 g/mol. The molecule has 0 aliphatic heterocycles. The van der Waals surface area contributed by atoms with E-state index in [1.807, 2.05) is 12.3 Å². The minimum Gasteiger partial charge on any atom is -0.392 e. The number of nitrogens with one attached hydrogen (secondary N) is 1. The van der Waals surface area contributed by atoms with Crippen LogP contribution in [0.15, 0.2) is 30.5 Å². The van der Waals surface area contributed by atoms with Crippen molar-refractivity contribution in [2.45, 2.75) is 66.7 Å². The standard InChI is InChI=1S/C23H31N3O/c1-5-13-26-16(4)21(15-27)19-11-12-24-23(22(19)26)25-14-20-17(6-2)9-8-10-18(20)7-3/h8-12,27H,5-7,13-15H2,1-4H3,(H,24,25). The summed E-state index contributed by atoms with van der Waals surface area (Å²) >= 11 is 0. The van der Waals surface area contributed by atoms with Gasteiger partial charge in [0.15, 0.2) is 5.82 Å². The molecule has 2 heterocycles. The number of nitrogens with zero attached hydrogens (tertiary/aromatic N) is 2. The first kappa shape index (κ1) is 19.4. The highest BCUT2D eigenvalue weighted by Gasteiger charge is 2.17. The van der Waals surface area contributed by atoms with E-state index in [9.17, 15) is 5.11 Å². The molecule has 0 fully saturated rings. The van der Waals surface area contributed by atoms with Gasteiger partial charge in [-0.05, 0) is 48.9 Å². The van der Waals surface area contributed by atoms with Gasteiger partial charge in [0.1, 0.15) is 0 Å². The quantitative estimate of drug-likeness (QED) is 0.592. The van der Waals surface area contributed by atoms with Gasteiger partial charge in [-0.15, -0.1) is 0 Å². The lowest BCUT2D eigenvalue weighted by atomic mass is 9.97. The number of aromatic nitrogens is 2. The Morgan fingerprint density at radius 3 is 2.33 bits per heavy atom. The molecule has 0 radical (unpaired) electrons. The normalized spacial score (nSPS) is 11.3. The molecule has 144 valence electrons. The molecule has 1 aromatic carbocycles. The average molecular weight is 366 g/mol. The van der Waals surface area contributed by atoms with Gasteiger partial charge in [-0.3, -0.25) is 0 Å². The zero-order valence-electron chi connectivity index (χ0n) is 17.0. The van der Waals surface area contributed by atoms with E-state index in [0.29, 0.717) is 0 Å². The third-order valence-electron chi connectivity index (χ3n) is 5.53. The molecule has 0 aliphatic carbocycles. The predicted octanol–water partition coefficient (Wildman–Crippen LogP) is 4.98. The van der Waals surface area contributed by atoms with Gasteiger partial charge < -0.3 is 15.0 Å². The van der Waals surface area contributed by atoms with E-state index >= 15 is 0 Å². The number of pyridine rings is 1. The smallest absolute Gasteiger partial charge is 0.150 e. The average Bonchev–Trinajstić information content (AvgIpc) is 2.97. The van der Waals surface area contributed by atoms with Crippen LogP contribution in [0.4, 0.5) is 5.82 Å². The Morgan fingerprint density at radius 1 is 1.04 bits per heavy atom. The molecule has 0 amide bonds. The van der Waals surface area contributed by atoms with Gasteiger partial charge in [-0.1, -0.05) is 39.0 Å². The summed E-state index contributed by atoms with van der Waals surface area (Å²) in [5.41, 5.74) is 7.41. The second-order valence-electron chi connectivity index (χ2n) is 7.04. The molecule has 0 saturated carbocycles. The Labute approximate surface area is 162 Å². The monoisotopic (exact) mass is 365 g/mol. The summed E-state index contributed by atoms with van der Waals surface area (Å²) in [5, 5.41) is 14.6. The number of fused-ring (bicyclic) bond motifs is 1. The van der Waals surface area contributed by atoms with Crippen LogP contribution in [0, 0.1) is 6.92 Å². The molecule has 0 aliphatic rings. The number of benzene rings is 1. The van der Waals surface area contributed by atoms with Gasteiger partial charge in [-0.2, -0.15) is 0 Å². The zero-order chi connectivity index (χ0) is 19.4. The lowest BCUT2D eigenvalue weighted by molar-refractivity contribution is 0.282. The van der Waals surface area contributed by atoms with Crippen LogP contribution in [0.25, 0.3) is 10.9 Å². The zero-order valence-corrected chi connectivity index (χ0v) is 17.0. The highest BCUT2D eigenvalue weighted by Crippen LogP contribution is 2.31. The summed E-state index contributed by atoms with van der Waals surface area (Å²) in [4.78, 5) is 4.65. The molecule has 0 unspecified atom stereocenters. The minimum atomic E-state index is 0.0567. The van der Waals surface area contributed by atoms with Gasteiger partial charge in [0.05, 0.1) is 12.1 Å². The van der Waals surface area contributed by atoms with Crippen molar-refractivity contribution in [1.82, 2.24) is 9.55 Å². The Hall–Kier alpha value is -2.33. The predicted molar refractivity (Wildman–Crippen MR) is 113 cm³/mol. The molecule has 0 saturated heterocycles. The maximum atomic E-state index is 9.88. The first-order valence-electron chi connectivity index (χ1n) is 10.1. The fraction of sp³-hybridized carbons (Fsp3) is 0.435. The largest absolute Gasteiger partial charge is 0.392 e. The number of hydrogen-bond acceptors (Lipinski definition) is 3. The van der Waals surface area contributed by atoms with Crippen molar-refractivity contribution in [3.05, 3.63) is 58.4 Å². The molecule has 27 heavy (non-hydrogen) atoms. The van der Waals surface area contributed by atoms with Gasteiger partial charge in [0.2, 0.25) is 0 Å². The van der Waals surface area contributed by atoms with Gasteiger partial charge in [0.25, 0.3) is 0 Å². The molecule has 4 nitrogen and oxygen atoms in total. The van der Waals surface area contributed by atoms with Crippen molar-refractivity contribution >= 4 is 16.7 Å². The third-order valence-corrected chi connectivity index (χ3v) is 5.53. The van der Waals surface area contributed by atoms with Crippen LogP contribution in [0.3, 0.4) is 0 Å². The molecule has 3 aromatic rings. The van der Waals surface area contributed by atoms with E-state index in [1.54, 1.807) is 0 Å². The van der Waals surface area contributed by atoms with Crippen molar-refractivity contribution in [3.8, 4) is 0 Å². The first-order valence-corrected chi connectivity index (χ1v) is 10.1. The summed E-state index contributed by atoms with van der Waals surface area (Å²) < 4.78 is 2.29. The number of aliphatic hydroxyl groups excluding tert-OH is 1. The lowest BCUT2D eigenvalue weighted by Crippen LogP contribution is -2.09. The maximum Gasteiger partial charge on any atom is 0.150 e. The summed E-state index contributed by atoms with van der Waals surface area (Å²) in [6.07, 6.45) is 4.94. The summed E-state index contributed by atoms with van der Waals surface area (Å²) in [7, 11) is 0. The topological polar surface area (TPSA) is 50.1 Å². The number of aryl methyl sites for hydroxylation is 3. The third kappa shape index (κ3) is 3.59. The second-order valence-corrected chi connectivity index (χ2v) is 7.04. The summed E-state index contributed by atoms with van der Waals surface area (Å²) in [6, 6.07) is 8.61. The fourth-order valence-electron chi connectivity index (χ4n) is 4.08. The number of hydrogen-bond donors (Lipinski definition) is 2. The van der Waals surface area contributed by atoms with E-state index < -0.39 is 0 Å². The molecule has 2 aromatic heterocycles. The van der Waals surface area contributed by atoms with Crippen molar-refractivity contribution in [2.24, 2.45) is 0 Å². The fourth-order valence-corrected chi connectivity index (χ4v) is 4.08. The van der Waals surface area contributed by atoms with Gasteiger partial charge >= 0.3 is 0 Å². The van der Waals surface area contributed by atoms with Crippen LogP contribution >= 0.6 is 0 Å². The van der Waals surface area contributed by atoms with Crippen molar-refractivity contribution in [3.63, 3.8) is 0 Å². The maximum absolute atomic E-state index is 9.88. The number of rotatable bonds is 8. The van der Waals surface area contributed by atoms with Crippen molar-refractivity contribution < 1.29 is 5.11 Å². The molecule has 0 atom stereocenters. The molecule has 3 rings (SSSR count). The summed E-state index contributed by atoms with van der Waals surface area (Å²) in [6.45, 7) is 10.4. The Bertz CT molecular complexity index is 905. The van der Waals surface area contributed by atoms with E-state index in [0.717, 1.165) is 60.3 Å². The minimum absolute atomic E-state index is 0.0567. The molecule has 0 spiro atoms. The molecule has 0 bridgehead atoms. The van der Waals surface area contributed by atoms with Crippen molar-refractivity contribution in [1.29, 1.82) is 0 Å². The summed E-state index contributed by atoms with van der Waals surface area (Å²) in [5.74, 6) is 0.900.